The molecule has 1 amide bonds. The highest BCUT2D eigenvalue weighted by Crippen LogP contribution is 2.24. The summed E-state index contributed by atoms with van der Waals surface area (Å²) in [5.74, 6) is -1.01. The van der Waals surface area contributed by atoms with Gasteiger partial charge in [0.05, 0.1) is 13.6 Å². The van der Waals surface area contributed by atoms with Crippen LogP contribution in [-0.2, 0) is 4.79 Å². The van der Waals surface area contributed by atoms with Gasteiger partial charge in [0.25, 0.3) is 0 Å². The second kappa shape index (κ2) is 3.33. The Bertz CT molecular complexity index is 240. The van der Waals surface area contributed by atoms with Gasteiger partial charge in [0, 0.05) is 6.42 Å². The molecule has 1 aliphatic rings. The van der Waals surface area contributed by atoms with Crippen molar-refractivity contribution in [2.45, 2.75) is 25.3 Å². The molecule has 2 N–H and O–H groups in total. The predicted molar refractivity (Wildman–Crippen MR) is 44.4 cm³/mol. The van der Waals surface area contributed by atoms with Crippen LogP contribution in [0.15, 0.2) is 0 Å². The molecule has 0 radical (unpaired) electrons. The first-order valence-electron chi connectivity index (χ1n) is 4.30. The Morgan fingerprint density at radius 2 is 1.92 bits per heavy atom. The highest BCUT2D eigenvalue weighted by Gasteiger charge is 2.46. The van der Waals surface area contributed by atoms with E-state index in [2.05, 4.69) is 0 Å². The summed E-state index contributed by atoms with van der Waals surface area (Å²) >= 11 is 0. The van der Waals surface area contributed by atoms with Gasteiger partial charge in [-0.2, -0.15) is 4.79 Å². The molecule has 13 heavy (non-hydrogen) atoms. The molecule has 1 saturated heterocycles. The Morgan fingerprint density at radius 1 is 1.31 bits per heavy atom. The van der Waals surface area contributed by atoms with Crippen molar-refractivity contribution in [3.8, 4) is 0 Å². The van der Waals surface area contributed by atoms with Gasteiger partial charge < -0.3 is 10.2 Å². The lowest BCUT2D eigenvalue weighted by Gasteiger charge is -2.36. The van der Waals surface area contributed by atoms with E-state index in [4.69, 9.17) is 10.2 Å². The Balaban J connectivity index is 2.89. The summed E-state index contributed by atoms with van der Waals surface area (Å²) in [4.78, 5) is 21.7. The van der Waals surface area contributed by atoms with Crippen molar-refractivity contribution in [2.24, 2.45) is 0 Å². The van der Waals surface area contributed by atoms with Gasteiger partial charge in [-0.25, -0.2) is 9.28 Å². The van der Waals surface area contributed by atoms with Gasteiger partial charge in [-0.1, -0.05) is 0 Å². The highest BCUT2D eigenvalue weighted by molar-refractivity contribution is 5.74. The van der Waals surface area contributed by atoms with E-state index in [1.807, 2.05) is 0 Å². The third-order valence-corrected chi connectivity index (χ3v) is 2.76. The van der Waals surface area contributed by atoms with Gasteiger partial charge in [0.15, 0.2) is 6.04 Å². The summed E-state index contributed by atoms with van der Waals surface area (Å²) in [6.07, 6.45) is 0.995. The van der Waals surface area contributed by atoms with E-state index in [0.717, 1.165) is 12.8 Å². The lowest BCUT2D eigenvalue weighted by molar-refractivity contribution is -0.860. The average molecular weight is 188 g/mol. The van der Waals surface area contributed by atoms with E-state index in [-0.39, 0.29) is 4.48 Å². The highest BCUT2D eigenvalue weighted by atomic mass is 16.4. The molecule has 0 saturated carbocycles. The van der Waals surface area contributed by atoms with Gasteiger partial charge in [-0.3, -0.25) is 0 Å². The maximum Gasteiger partial charge on any atom is 0.514 e. The quantitative estimate of drug-likeness (QED) is 0.595. The van der Waals surface area contributed by atoms with Crippen LogP contribution in [-0.4, -0.2) is 46.4 Å². The maximum absolute atomic E-state index is 10.9. The summed E-state index contributed by atoms with van der Waals surface area (Å²) in [7, 11) is 1.47. The number of hydrogen-bond donors (Lipinski definition) is 2. The monoisotopic (exact) mass is 188 g/mol. The number of carboxylic acid groups (broad SMARTS) is 2. The molecule has 1 aliphatic heterocycles. The lowest BCUT2D eigenvalue weighted by Crippen LogP contribution is -2.61. The molecule has 1 rings (SSSR count). The molecule has 1 heterocycles. The number of aliphatic carboxylic acids is 1. The van der Waals surface area contributed by atoms with Crippen molar-refractivity contribution in [1.82, 2.24) is 0 Å². The van der Waals surface area contributed by atoms with Gasteiger partial charge in [0.2, 0.25) is 0 Å². The van der Waals surface area contributed by atoms with Crippen molar-refractivity contribution in [3.63, 3.8) is 0 Å². The van der Waals surface area contributed by atoms with Crippen LogP contribution in [0, 0.1) is 0 Å². The van der Waals surface area contributed by atoms with E-state index in [1.54, 1.807) is 0 Å². The first-order valence-corrected chi connectivity index (χ1v) is 4.30. The molecule has 0 aromatic rings. The van der Waals surface area contributed by atoms with E-state index in [0.29, 0.717) is 13.0 Å². The second-order valence-electron chi connectivity index (χ2n) is 3.62. The maximum atomic E-state index is 10.9. The predicted octanol–water partition coefficient (Wildman–Crippen LogP) is 0.748. The van der Waals surface area contributed by atoms with Crippen LogP contribution in [0.25, 0.3) is 0 Å². The molecule has 1 fully saturated rings. The number of carboxylic acids is 1. The van der Waals surface area contributed by atoms with E-state index < -0.39 is 18.1 Å². The zero-order chi connectivity index (χ0) is 10.1. The Morgan fingerprint density at radius 3 is 2.31 bits per heavy atom. The number of nitrogens with zero attached hydrogens (tertiary/aromatic N) is 1. The summed E-state index contributed by atoms with van der Waals surface area (Å²) in [6, 6.07) is -0.786. The van der Waals surface area contributed by atoms with E-state index in [9.17, 15) is 9.59 Å². The molecule has 0 aliphatic carbocycles. The average Bonchev–Trinajstić information content (AvgIpc) is 2.04. The molecular weight excluding hydrogens is 174 g/mol. The molecule has 5 nitrogen and oxygen atoms in total. The van der Waals surface area contributed by atoms with Crippen LogP contribution >= 0.6 is 0 Å². The minimum atomic E-state index is -1.05. The molecule has 0 spiro atoms. The number of likely N-dealkylation sites (tertiary alicyclic amines) is 1. The molecule has 1 unspecified atom stereocenters. The molecule has 0 aromatic heterocycles. The number of rotatable bonds is 1. The van der Waals surface area contributed by atoms with Crippen molar-refractivity contribution < 1.29 is 24.3 Å². The van der Waals surface area contributed by atoms with Crippen LogP contribution in [0.3, 0.4) is 0 Å². The number of likely N-dealkylation sites (N-methyl/N-ethyl adjacent to an activating group) is 1. The Kier molecular flexibility index (Phi) is 2.56. The first-order chi connectivity index (χ1) is 5.98. The van der Waals surface area contributed by atoms with E-state index in [1.165, 1.54) is 7.05 Å². The van der Waals surface area contributed by atoms with Gasteiger partial charge in [-0.05, 0) is 12.8 Å². The largest absolute Gasteiger partial charge is 0.514 e. The van der Waals surface area contributed by atoms with Crippen molar-refractivity contribution >= 4 is 12.1 Å². The fraction of sp³-hybridized carbons (Fsp3) is 0.750. The van der Waals surface area contributed by atoms with Crippen LogP contribution in [0.5, 0.6) is 0 Å². The van der Waals surface area contributed by atoms with Crippen LogP contribution < -0.4 is 0 Å². The first kappa shape index (κ1) is 9.98. The zero-order valence-electron chi connectivity index (χ0n) is 7.56. The number of carbonyl (C=O) groups is 2. The van der Waals surface area contributed by atoms with Crippen LogP contribution in [0.2, 0.25) is 0 Å². The lowest BCUT2D eigenvalue weighted by atomic mass is 10.0. The minimum absolute atomic E-state index is 0.380. The number of quaternary nitrogens is 1. The third-order valence-electron chi connectivity index (χ3n) is 2.76. The molecule has 0 bridgehead atoms. The Labute approximate surface area is 76.2 Å². The Hall–Kier alpha value is -1.10. The topological polar surface area (TPSA) is 74.6 Å². The van der Waals surface area contributed by atoms with Crippen LogP contribution in [0.1, 0.15) is 19.3 Å². The standard InChI is InChI=1S/C8H13NO4/c1-9(8(12)13)5-3-2-4-6(9)7(10)11/h6H,2-5H2,1H3,(H-,10,11,12,13)/p+1/t6?,9-/m1/s1. The molecular formula is C8H14NO4+. The second-order valence-corrected chi connectivity index (χ2v) is 3.62. The van der Waals surface area contributed by atoms with Crippen molar-refractivity contribution in [2.75, 3.05) is 13.6 Å². The normalized spacial score (nSPS) is 34.1. The summed E-state index contributed by atoms with van der Waals surface area (Å²) in [5.41, 5.74) is 0. The SMILES string of the molecule is C[N@@+]1(C(=O)O)CCCCC1C(=O)O. The summed E-state index contributed by atoms with van der Waals surface area (Å²) in [5, 5.41) is 17.8. The summed E-state index contributed by atoms with van der Waals surface area (Å²) < 4.78 is -0.380. The zero-order valence-corrected chi connectivity index (χ0v) is 7.56. The molecule has 0 aromatic carbocycles. The fourth-order valence-corrected chi connectivity index (χ4v) is 1.81. The van der Waals surface area contributed by atoms with Gasteiger partial charge in [0.1, 0.15) is 0 Å². The summed E-state index contributed by atoms with van der Waals surface area (Å²) in [6.45, 7) is 0.409. The third kappa shape index (κ3) is 1.65. The molecule has 74 valence electrons. The van der Waals surface area contributed by atoms with Crippen LogP contribution in [0.4, 0.5) is 4.79 Å². The smallest absolute Gasteiger partial charge is 0.477 e. The minimum Gasteiger partial charge on any atom is -0.477 e. The van der Waals surface area contributed by atoms with Crippen molar-refractivity contribution in [3.05, 3.63) is 0 Å². The van der Waals surface area contributed by atoms with Crippen molar-refractivity contribution in [1.29, 1.82) is 0 Å². The fourth-order valence-electron chi connectivity index (χ4n) is 1.81. The number of hydrogen-bond acceptors (Lipinski definition) is 2. The van der Waals surface area contributed by atoms with Gasteiger partial charge in [-0.15, -0.1) is 0 Å². The number of piperidine rings is 1. The molecule has 2 atom stereocenters. The number of amides is 1. The molecule has 5 heteroatoms. The van der Waals surface area contributed by atoms with E-state index >= 15 is 0 Å². The van der Waals surface area contributed by atoms with Gasteiger partial charge >= 0.3 is 12.1 Å².